The summed E-state index contributed by atoms with van der Waals surface area (Å²) in [6.45, 7) is 4.21. The summed E-state index contributed by atoms with van der Waals surface area (Å²) in [6, 6.07) is 0.0569. The fourth-order valence-corrected chi connectivity index (χ4v) is 2.29. The SMILES string of the molecule is COC1(CC(=O)NC(CCO)C(C)C)CCC1. The number of rotatable bonds is 7. The Morgan fingerprint density at radius 2 is 2.12 bits per heavy atom. The fraction of sp³-hybridized carbons (Fsp3) is 0.923. The molecule has 0 spiro atoms. The number of aliphatic hydroxyl groups is 1. The number of nitrogens with one attached hydrogen (secondary N) is 1. The summed E-state index contributed by atoms with van der Waals surface area (Å²) in [5.41, 5.74) is -0.217. The minimum Gasteiger partial charge on any atom is -0.396 e. The van der Waals surface area contributed by atoms with Crippen molar-refractivity contribution in [3.05, 3.63) is 0 Å². The number of methoxy groups -OCH3 is 1. The van der Waals surface area contributed by atoms with Gasteiger partial charge in [-0.15, -0.1) is 0 Å². The maximum absolute atomic E-state index is 11.9. The van der Waals surface area contributed by atoms with Crippen LogP contribution in [0.15, 0.2) is 0 Å². The van der Waals surface area contributed by atoms with E-state index in [1.54, 1.807) is 7.11 Å². The highest BCUT2D eigenvalue weighted by atomic mass is 16.5. The van der Waals surface area contributed by atoms with Gasteiger partial charge in [-0.3, -0.25) is 4.79 Å². The molecule has 0 aliphatic heterocycles. The van der Waals surface area contributed by atoms with E-state index in [-0.39, 0.29) is 24.2 Å². The Morgan fingerprint density at radius 1 is 1.47 bits per heavy atom. The monoisotopic (exact) mass is 243 g/mol. The van der Waals surface area contributed by atoms with E-state index in [0.717, 1.165) is 19.3 Å². The number of hydrogen-bond donors (Lipinski definition) is 2. The van der Waals surface area contributed by atoms with Crippen molar-refractivity contribution < 1.29 is 14.6 Å². The van der Waals surface area contributed by atoms with Crippen LogP contribution in [0.25, 0.3) is 0 Å². The zero-order chi connectivity index (χ0) is 12.9. The Kier molecular flexibility index (Phi) is 5.40. The first-order valence-electron chi connectivity index (χ1n) is 6.48. The Labute approximate surface area is 104 Å². The number of aliphatic hydroxyl groups excluding tert-OH is 1. The lowest BCUT2D eigenvalue weighted by Gasteiger charge is -2.40. The Morgan fingerprint density at radius 3 is 2.47 bits per heavy atom. The minimum atomic E-state index is -0.217. The van der Waals surface area contributed by atoms with Gasteiger partial charge in [-0.2, -0.15) is 0 Å². The number of ether oxygens (including phenoxy) is 1. The Balaban J connectivity index is 2.41. The van der Waals surface area contributed by atoms with Crippen LogP contribution in [-0.2, 0) is 9.53 Å². The summed E-state index contributed by atoms with van der Waals surface area (Å²) < 4.78 is 5.44. The van der Waals surface area contributed by atoms with E-state index in [1.807, 2.05) is 0 Å². The molecule has 100 valence electrons. The van der Waals surface area contributed by atoms with Crippen LogP contribution in [0.3, 0.4) is 0 Å². The molecule has 0 heterocycles. The topological polar surface area (TPSA) is 58.6 Å². The second-order valence-electron chi connectivity index (χ2n) is 5.35. The molecule has 1 atom stereocenters. The van der Waals surface area contributed by atoms with Crippen molar-refractivity contribution in [3.63, 3.8) is 0 Å². The number of hydrogen-bond acceptors (Lipinski definition) is 3. The van der Waals surface area contributed by atoms with Crippen LogP contribution in [0.1, 0.15) is 46.0 Å². The predicted octanol–water partition coefficient (Wildman–Crippen LogP) is 1.47. The van der Waals surface area contributed by atoms with E-state index in [0.29, 0.717) is 18.8 Å². The van der Waals surface area contributed by atoms with Gasteiger partial charge in [0.2, 0.25) is 5.91 Å². The zero-order valence-electron chi connectivity index (χ0n) is 11.2. The average Bonchev–Trinajstić information content (AvgIpc) is 2.22. The van der Waals surface area contributed by atoms with Gasteiger partial charge in [-0.25, -0.2) is 0 Å². The van der Waals surface area contributed by atoms with Crippen molar-refractivity contribution in [3.8, 4) is 0 Å². The largest absolute Gasteiger partial charge is 0.396 e. The van der Waals surface area contributed by atoms with Crippen LogP contribution in [0.4, 0.5) is 0 Å². The van der Waals surface area contributed by atoms with Crippen molar-refractivity contribution in [2.24, 2.45) is 5.92 Å². The Hall–Kier alpha value is -0.610. The van der Waals surface area contributed by atoms with Crippen molar-refractivity contribution in [1.82, 2.24) is 5.32 Å². The van der Waals surface area contributed by atoms with Crippen molar-refractivity contribution in [2.45, 2.75) is 57.6 Å². The molecule has 0 saturated heterocycles. The highest BCUT2D eigenvalue weighted by Gasteiger charge is 2.39. The number of carbonyl (C=O) groups excluding carboxylic acids is 1. The third kappa shape index (κ3) is 3.96. The first-order chi connectivity index (χ1) is 8.03. The molecule has 0 bridgehead atoms. The standard InChI is InChI=1S/C13H25NO3/c1-10(2)11(5-8-15)14-12(16)9-13(17-3)6-4-7-13/h10-11,15H,4-9H2,1-3H3,(H,14,16). The van der Waals surface area contributed by atoms with E-state index >= 15 is 0 Å². The van der Waals surface area contributed by atoms with Crippen molar-refractivity contribution >= 4 is 5.91 Å². The maximum Gasteiger partial charge on any atom is 0.223 e. The van der Waals surface area contributed by atoms with Gasteiger partial charge in [-0.1, -0.05) is 13.8 Å². The summed E-state index contributed by atoms with van der Waals surface area (Å²) in [5.74, 6) is 0.379. The lowest BCUT2D eigenvalue weighted by atomic mass is 9.77. The maximum atomic E-state index is 11.9. The smallest absolute Gasteiger partial charge is 0.223 e. The van der Waals surface area contributed by atoms with Crippen LogP contribution in [0.5, 0.6) is 0 Å². The van der Waals surface area contributed by atoms with Crippen LogP contribution in [0, 0.1) is 5.92 Å². The van der Waals surface area contributed by atoms with Gasteiger partial charge in [-0.05, 0) is 31.6 Å². The molecule has 1 rings (SSSR count). The van der Waals surface area contributed by atoms with Gasteiger partial charge in [0.15, 0.2) is 0 Å². The minimum absolute atomic E-state index is 0.0405. The normalized spacial score (nSPS) is 19.8. The molecule has 4 heteroatoms. The molecule has 2 N–H and O–H groups in total. The summed E-state index contributed by atoms with van der Waals surface area (Å²) in [5, 5.41) is 12.0. The molecular formula is C13H25NO3. The molecule has 0 aromatic carbocycles. The molecule has 1 aliphatic rings. The van der Waals surface area contributed by atoms with Gasteiger partial charge in [0.1, 0.15) is 0 Å². The number of carbonyl (C=O) groups is 1. The van der Waals surface area contributed by atoms with E-state index in [4.69, 9.17) is 9.84 Å². The van der Waals surface area contributed by atoms with E-state index in [2.05, 4.69) is 19.2 Å². The van der Waals surface area contributed by atoms with Gasteiger partial charge < -0.3 is 15.2 Å². The molecule has 1 saturated carbocycles. The first kappa shape index (κ1) is 14.5. The van der Waals surface area contributed by atoms with Crippen LogP contribution >= 0.6 is 0 Å². The fourth-order valence-electron chi connectivity index (χ4n) is 2.29. The van der Waals surface area contributed by atoms with Gasteiger partial charge in [0, 0.05) is 19.8 Å². The van der Waals surface area contributed by atoms with E-state index in [9.17, 15) is 4.79 Å². The molecule has 17 heavy (non-hydrogen) atoms. The molecule has 0 radical (unpaired) electrons. The Bertz CT molecular complexity index is 244. The molecule has 1 fully saturated rings. The highest BCUT2D eigenvalue weighted by Crippen LogP contribution is 2.37. The quantitative estimate of drug-likeness (QED) is 0.712. The van der Waals surface area contributed by atoms with Crippen molar-refractivity contribution in [1.29, 1.82) is 0 Å². The second kappa shape index (κ2) is 6.36. The summed E-state index contributed by atoms with van der Waals surface area (Å²) in [6.07, 6.45) is 4.15. The molecule has 1 unspecified atom stereocenters. The summed E-state index contributed by atoms with van der Waals surface area (Å²) >= 11 is 0. The molecule has 1 amide bonds. The molecule has 0 aromatic rings. The van der Waals surface area contributed by atoms with E-state index in [1.165, 1.54) is 0 Å². The molecule has 1 aliphatic carbocycles. The van der Waals surface area contributed by atoms with Gasteiger partial charge in [0.25, 0.3) is 0 Å². The molecular weight excluding hydrogens is 218 g/mol. The third-order valence-electron chi connectivity index (χ3n) is 3.77. The predicted molar refractivity (Wildman–Crippen MR) is 66.7 cm³/mol. The van der Waals surface area contributed by atoms with Gasteiger partial charge >= 0.3 is 0 Å². The summed E-state index contributed by atoms with van der Waals surface area (Å²) in [7, 11) is 1.68. The molecule has 0 aromatic heterocycles. The van der Waals surface area contributed by atoms with Crippen LogP contribution in [0.2, 0.25) is 0 Å². The lowest BCUT2D eigenvalue weighted by Crippen LogP contribution is -2.47. The average molecular weight is 243 g/mol. The second-order valence-corrected chi connectivity index (χ2v) is 5.35. The summed E-state index contributed by atoms with van der Waals surface area (Å²) in [4.78, 5) is 11.9. The van der Waals surface area contributed by atoms with E-state index < -0.39 is 0 Å². The van der Waals surface area contributed by atoms with Gasteiger partial charge in [0.05, 0.1) is 12.0 Å². The van der Waals surface area contributed by atoms with Crippen molar-refractivity contribution in [2.75, 3.05) is 13.7 Å². The lowest BCUT2D eigenvalue weighted by molar-refractivity contribution is -0.135. The molecule has 4 nitrogen and oxygen atoms in total. The zero-order valence-corrected chi connectivity index (χ0v) is 11.2. The number of amides is 1. The van der Waals surface area contributed by atoms with Crippen LogP contribution in [-0.4, -0.2) is 36.4 Å². The first-order valence-corrected chi connectivity index (χ1v) is 6.48. The third-order valence-corrected chi connectivity index (χ3v) is 3.77. The van der Waals surface area contributed by atoms with Crippen LogP contribution < -0.4 is 5.32 Å². The highest BCUT2D eigenvalue weighted by molar-refractivity contribution is 5.77.